The zero-order valence-corrected chi connectivity index (χ0v) is 13.5. The average molecular weight is 311 g/mol. The van der Waals surface area contributed by atoms with E-state index in [1.807, 2.05) is 12.1 Å². The van der Waals surface area contributed by atoms with Gasteiger partial charge in [0.05, 0.1) is 23.4 Å². The highest BCUT2D eigenvalue weighted by molar-refractivity contribution is 7.91. The lowest BCUT2D eigenvalue weighted by molar-refractivity contribution is 0.0347. The van der Waals surface area contributed by atoms with Crippen LogP contribution in [0.15, 0.2) is 29.2 Å². The lowest BCUT2D eigenvalue weighted by Gasteiger charge is -2.22. The summed E-state index contributed by atoms with van der Waals surface area (Å²) in [6.45, 7) is 3.10. The Morgan fingerprint density at radius 2 is 1.81 bits per heavy atom. The number of nitrogens with one attached hydrogen (secondary N) is 1. The van der Waals surface area contributed by atoms with Crippen LogP contribution in [0.3, 0.4) is 0 Å². The van der Waals surface area contributed by atoms with Gasteiger partial charge in [0.1, 0.15) is 0 Å². The van der Waals surface area contributed by atoms with Gasteiger partial charge in [-0.2, -0.15) is 0 Å². The molecule has 0 radical (unpaired) electrons. The van der Waals surface area contributed by atoms with E-state index in [-0.39, 0.29) is 5.75 Å². The van der Waals surface area contributed by atoms with Crippen molar-refractivity contribution in [2.75, 3.05) is 24.2 Å². The fraction of sp³-hybridized carbons (Fsp3) is 0.625. The summed E-state index contributed by atoms with van der Waals surface area (Å²) in [5.41, 5.74) is 0.928. The number of ether oxygens (including phenoxy) is 1. The molecule has 1 aromatic carbocycles. The first kappa shape index (κ1) is 16.3. The van der Waals surface area contributed by atoms with Gasteiger partial charge < -0.3 is 10.1 Å². The minimum absolute atomic E-state index is 0.134. The lowest BCUT2D eigenvalue weighted by Crippen LogP contribution is -2.20. The van der Waals surface area contributed by atoms with E-state index in [0.717, 1.165) is 12.2 Å². The molecule has 0 bridgehead atoms. The predicted molar refractivity (Wildman–Crippen MR) is 85.5 cm³/mol. The van der Waals surface area contributed by atoms with Crippen LogP contribution in [0.2, 0.25) is 0 Å². The molecule has 0 heterocycles. The van der Waals surface area contributed by atoms with Crippen molar-refractivity contribution in [1.29, 1.82) is 0 Å². The summed E-state index contributed by atoms with van der Waals surface area (Å²) in [4.78, 5) is 0.383. The maximum Gasteiger partial charge on any atom is 0.178 e. The molecule has 5 heteroatoms. The van der Waals surface area contributed by atoms with E-state index in [9.17, 15) is 8.42 Å². The second-order valence-electron chi connectivity index (χ2n) is 5.49. The van der Waals surface area contributed by atoms with Crippen molar-refractivity contribution in [3.8, 4) is 0 Å². The van der Waals surface area contributed by atoms with E-state index >= 15 is 0 Å². The third-order valence-corrected chi connectivity index (χ3v) is 5.68. The molecule has 0 atom stereocenters. The first-order chi connectivity index (χ1) is 10.1. The number of hydrogen-bond acceptors (Lipinski definition) is 4. The van der Waals surface area contributed by atoms with E-state index in [0.29, 0.717) is 17.6 Å². The molecule has 1 aromatic rings. The summed E-state index contributed by atoms with van der Waals surface area (Å²) in [5.74, 6) is 0.134. The number of anilines is 1. The fourth-order valence-corrected chi connectivity index (χ4v) is 3.48. The molecule has 0 spiro atoms. The van der Waals surface area contributed by atoms with Crippen LogP contribution in [0.1, 0.15) is 39.0 Å². The molecule has 0 unspecified atom stereocenters. The van der Waals surface area contributed by atoms with Crippen LogP contribution >= 0.6 is 0 Å². The van der Waals surface area contributed by atoms with Gasteiger partial charge in [0.15, 0.2) is 9.84 Å². The summed E-state index contributed by atoms with van der Waals surface area (Å²) < 4.78 is 29.3. The first-order valence-electron chi connectivity index (χ1n) is 7.80. The Morgan fingerprint density at radius 3 is 2.43 bits per heavy atom. The maximum atomic E-state index is 11.7. The van der Waals surface area contributed by atoms with E-state index < -0.39 is 9.84 Å². The zero-order valence-electron chi connectivity index (χ0n) is 12.7. The van der Waals surface area contributed by atoms with Crippen LogP contribution in [-0.4, -0.2) is 33.4 Å². The smallest absolute Gasteiger partial charge is 0.178 e. The summed E-state index contributed by atoms with van der Waals surface area (Å²) in [6, 6.07) is 6.93. The highest BCUT2D eigenvalue weighted by Gasteiger charge is 2.13. The molecule has 0 saturated heterocycles. The molecular formula is C16H25NO3S. The standard InChI is InChI=1S/C16H25NO3S/c1-2-21(18,19)16-10-8-14(9-11-16)17-12-13-20-15-6-4-3-5-7-15/h8-11,15,17H,2-7,12-13H2,1H3. The molecule has 1 fully saturated rings. The van der Waals surface area contributed by atoms with Gasteiger partial charge in [-0.3, -0.25) is 0 Å². The fourth-order valence-electron chi connectivity index (χ4n) is 2.60. The van der Waals surface area contributed by atoms with Crippen molar-refractivity contribution in [1.82, 2.24) is 0 Å². The molecular weight excluding hydrogens is 286 g/mol. The van der Waals surface area contributed by atoms with Crippen LogP contribution in [0.5, 0.6) is 0 Å². The Labute approximate surface area is 127 Å². The van der Waals surface area contributed by atoms with Crippen molar-refractivity contribution in [3.63, 3.8) is 0 Å². The van der Waals surface area contributed by atoms with E-state index in [2.05, 4.69) is 5.32 Å². The third-order valence-electron chi connectivity index (χ3n) is 3.93. The van der Waals surface area contributed by atoms with Crippen LogP contribution in [-0.2, 0) is 14.6 Å². The Bertz CT molecular complexity index is 519. The Balaban J connectivity index is 1.73. The third kappa shape index (κ3) is 5.00. The van der Waals surface area contributed by atoms with E-state index in [4.69, 9.17) is 4.74 Å². The molecule has 0 aliphatic heterocycles. The number of benzene rings is 1. The molecule has 1 N–H and O–H groups in total. The Morgan fingerprint density at radius 1 is 1.14 bits per heavy atom. The van der Waals surface area contributed by atoms with Crippen molar-refractivity contribution < 1.29 is 13.2 Å². The zero-order chi connectivity index (χ0) is 15.1. The molecule has 21 heavy (non-hydrogen) atoms. The predicted octanol–water partition coefficient (Wildman–Crippen LogP) is 3.24. The second kappa shape index (κ2) is 7.80. The lowest BCUT2D eigenvalue weighted by atomic mass is 9.98. The van der Waals surface area contributed by atoms with Crippen LogP contribution in [0, 0.1) is 0 Å². The van der Waals surface area contributed by atoms with Gasteiger partial charge in [-0.15, -0.1) is 0 Å². The topological polar surface area (TPSA) is 55.4 Å². The van der Waals surface area contributed by atoms with Gasteiger partial charge in [-0.1, -0.05) is 26.2 Å². The SMILES string of the molecule is CCS(=O)(=O)c1ccc(NCCOC2CCCCC2)cc1. The van der Waals surface area contributed by atoms with Crippen LogP contribution in [0.4, 0.5) is 5.69 Å². The van der Waals surface area contributed by atoms with Gasteiger partial charge in [0, 0.05) is 12.2 Å². The minimum atomic E-state index is -3.11. The van der Waals surface area contributed by atoms with E-state index in [1.54, 1.807) is 19.1 Å². The van der Waals surface area contributed by atoms with Gasteiger partial charge in [0.25, 0.3) is 0 Å². The van der Waals surface area contributed by atoms with Crippen molar-refractivity contribution in [3.05, 3.63) is 24.3 Å². The van der Waals surface area contributed by atoms with E-state index in [1.165, 1.54) is 32.1 Å². The first-order valence-corrected chi connectivity index (χ1v) is 9.45. The molecule has 1 saturated carbocycles. The average Bonchev–Trinajstić information content (AvgIpc) is 2.53. The van der Waals surface area contributed by atoms with Crippen LogP contribution < -0.4 is 5.32 Å². The molecule has 2 rings (SSSR count). The van der Waals surface area contributed by atoms with Gasteiger partial charge in [-0.05, 0) is 37.1 Å². The molecule has 1 aliphatic carbocycles. The summed E-state index contributed by atoms with van der Waals surface area (Å²) in [6.07, 6.45) is 6.70. The summed E-state index contributed by atoms with van der Waals surface area (Å²) >= 11 is 0. The van der Waals surface area contributed by atoms with Gasteiger partial charge >= 0.3 is 0 Å². The largest absolute Gasteiger partial charge is 0.383 e. The number of rotatable bonds is 7. The highest BCUT2D eigenvalue weighted by Crippen LogP contribution is 2.20. The summed E-state index contributed by atoms with van der Waals surface area (Å²) in [7, 11) is -3.11. The molecule has 1 aliphatic rings. The monoisotopic (exact) mass is 311 g/mol. The molecule has 0 aromatic heterocycles. The number of hydrogen-bond donors (Lipinski definition) is 1. The minimum Gasteiger partial charge on any atom is -0.383 e. The van der Waals surface area contributed by atoms with Gasteiger partial charge in [0.2, 0.25) is 0 Å². The quantitative estimate of drug-likeness (QED) is 0.785. The van der Waals surface area contributed by atoms with Crippen molar-refractivity contribution >= 4 is 15.5 Å². The molecule has 118 valence electrons. The second-order valence-corrected chi connectivity index (χ2v) is 7.76. The summed E-state index contributed by atoms with van der Waals surface area (Å²) in [5, 5.41) is 3.26. The molecule has 0 amide bonds. The number of sulfone groups is 1. The molecule has 4 nitrogen and oxygen atoms in total. The van der Waals surface area contributed by atoms with Crippen molar-refractivity contribution in [2.24, 2.45) is 0 Å². The Hall–Kier alpha value is -1.07. The van der Waals surface area contributed by atoms with Crippen LogP contribution in [0.25, 0.3) is 0 Å². The van der Waals surface area contributed by atoms with Gasteiger partial charge in [-0.25, -0.2) is 8.42 Å². The normalized spacial score (nSPS) is 16.8. The Kier molecular flexibility index (Phi) is 6.06. The maximum absolute atomic E-state index is 11.7. The highest BCUT2D eigenvalue weighted by atomic mass is 32.2. The van der Waals surface area contributed by atoms with Crippen molar-refractivity contribution in [2.45, 2.75) is 50.0 Å².